The van der Waals surface area contributed by atoms with Gasteiger partial charge in [-0.2, -0.15) is 0 Å². The van der Waals surface area contributed by atoms with E-state index in [0.29, 0.717) is 33.9 Å². The molecule has 7 heteroatoms. The number of anilines is 2. The predicted molar refractivity (Wildman–Crippen MR) is 160 cm³/mol. The molecular weight excluding hydrogens is 528 g/mol. The van der Waals surface area contributed by atoms with Crippen molar-refractivity contribution in [2.24, 2.45) is 5.92 Å². The van der Waals surface area contributed by atoms with E-state index in [4.69, 9.17) is 9.47 Å². The van der Waals surface area contributed by atoms with Crippen LogP contribution in [-0.2, 0) is 10.2 Å². The molecule has 0 radical (unpaired) electrons. The van der Waals surface area contributed by atoms with E-state index in [9.17, 15) is 14.4 Å². The van der Waals surface area contributed by atoms with E-state index in [1.54, 1.807) is 62.8 Å². The number of rotatable bonds is 6. The maximum absolute atomic E-state index is 14.9. The van der Waals surface area contributed by atoms with Crippen molar-refractivity contribution in [2.75, 3.05) is 24.4 Å². The van der Waals surface area contributed by atoms with Gasteiger partial charge in [0.2, 0.25) is 5.91 Å². The van der Waals surface area contributed by atoms with Crippen LogP contribution in [0.2, 0.25) is 0 Å². The number of Topliss-reactive ketones (excluding diaryl/α,β-unsaturated/α-hetero) is 2. The molecule has 0 aromatic heterocycles. The molecule has 7 nitrogen and oxygen atoms in total. The number of amides is 1. The van der Waals surface area contributed by atoms with Gasteiger partial charge >= 0.3 is 0 Å². The highest BCUT2D eigenvalue weighted by molar-refractivity contribution is 6.18. The van der Waals surface area contributed by atoms with Gasteiger partial charge in [-0.05, 0) is 47.5 Å². The molecule has 3 aliphatic heterocycles. The third-order valence-corrected chi connectivity index (χ3v) is 8.80. The number of nitrogens with zero attached hydrogens (tertiary/aromatic N) is 1. The second-order valence-electron chi connectivity index (χ2n) is 10.8. The number of carbonyl (C=O) groups excluding carboxylic acids is 3. The van der Waals surface area contributed by atoms with Gasteiger partial charge in [-0.25, -0.2) is 0 Å². The number of para-hydroxylation sites is 2. The summed E-state index contributed by atoms with van der Waals surface area (Å²) in [7, 11) is 3.09. The van der Waals surface area contributed by atoms with Gasteiger partial charge in [0.25, 0.3) is 0 Å². The topological polar surface area (TPSA) is 84.9 Å². The zero-order chi connectivity index (χ0) is 29.0. The Morgan fingerprint density at radius 3 is 2.14 bits per heavy atom. The summed E-state index contributed by atoms with van der Waals surface area (Å²) >= 11 is 0. The van der Waals surface area contributed by atoms with Crippen molar-refractivity contribution < 1.29 is 23.9 Å². The molecule has 1 N–H and O–H groups in total. The highest BCUT2D eigenvalue weighted by Gasteiger charge is 2.70. The summed E-state index contributed by atoms with van der Waals surface area (Å²) in [6.45, 7) is 0. The summed E-state index contributed by atoms with van der Waals surface area (Å²) in [4.78, 5) is 46.1. The van der Waals surface area contributed by atoms with Gasteiger partial charge in [0.15, 0.2) is 11.6 Å². The van der Waals surface area contributed by atoms with Crippen LogP contribution in [0.25, 0.3) is 6.08 Å². The molecule has 0 unspecified atom stereocenters. The first kappa shape index (κ1) is 25.8. The molecule has 1 amide bonds. The van der Waals surface area contributed by atoms with Crippen molar-refractivity contribution in [2.45, 2.75) is 17.5 Å². The third-order valence-electron chi connectivity index (χ3n) is 8.80. The van der Waals surface area contributed by atoms with Crippen molar-refractivity contribution in [1.29, 1.82) is 0 Å². The fraction of sp³-hybridized carbons (Fsp3) is 0.171. The fourth-order valence-electron chi connectivity index (χ4n) is 7.02. The van der Waals surface area contributed by atoms with Gasteiger partial charge < -0.3 is 19.7 Å². The van der Waals surface area contributed by atoms with Gasteiger partial charge in [-0.3, -0.25) is 14.4 Å². The van der Waals surface area contributed by atoms with Crippen LogP contribution >= 0.6 is 0 Å². The first-order chi connectivity index (χ1) is 20.5. The van der Waals surface area contributed by atoms with Gasteiger partial charge in [-0.15, -0.1) is 0 Å². The summed E-state index contributed by atoms with van der Waals surface area (Å²) in [6.07, 6.45) is 3.95. The molecule has 0 saturated carbocycles. The molecule has 4 aromatic carbocycles. The zero-order valence-corrected chi connectivity index (χ0v) is 23.1. The summed E-state index contributed by atoms with van der Waals surface area (Å²) in [5.41, 5.74) is 2.45. The van der Waals surface area contributed by atoms with E-state index in [-0.39, 0.29) is 17.5 Å². The summed E-state index contributed by atoms with van der Waals surface area (Å²) in [6, 6.07) is 27.5. The van der Waals surface area contributed by atoms with Crippen LogP contribution in [0.1, 0.15) is 31.8 Å². The lowest BCUT2D eigenvalue weighted by atomic mass is 9.64. The van der Waals surface area contributed by atoms with E-state index in [1.807, 2.05) is 65.6 Å². The average Bonchev–Trinajstić information content (AvgIpc) is 3.52. The minimum absolute atomic E-state index is 0.265. The number of methoxy groups -OCH3 is 2. The Hall–Kier alpha value is -5.17. The largest absolute Gasteiger partial charge is 0.497 e. The van der Waals surface area contributed by atoms with Gasteiger partial charge in [0.1, 0.15) is 23.0 Å². The lowest BCUT2D eigenvalue weighted by Gasteiger charge is -2.37. The molecule has 7 rings (SSSR count). The molecule has 0 aliphatic carbocycles. The summed E-state index contributed by atoms with van der Waals surface area (Å²) in [5, 5.41) is 3.06. The Balaban J connectivity index is 1.53. The Morgan fingerprint density at radius 1 is 0.786 bits per heavy atom. The highest BCUT2D eigenvalue weighted by atomic mass is 16.5. The highest BCUT2D eigenvalue weighted by Crippen LogP contribution is 2.58. The van der Waals surface area contributed by atoms with Gasteiger partial charge in [0.05, 0.1) is 26.2 Å². The molecule has 3 aliphatic rings. The number of ketones is 2. The van der Waals surface area contributed by atoms with Crippen LogP contribution < -0.4 is 19.7 Å². The van der Waals surface area contributed by atoms with Crippen LogP contribution in [0, 0.1) is 5.92 Å². The van der Waals surface area contributed by atoms with Crippen molar-refractivity contribution in [3.05, 3.63) is 125 Å². The predicted octanol–water partition coefficient (Wildman–Crippen LogP) is 5.56. The summed E-state index contributed by atoms with van der Waals surface area (Å²) in [5.74, 6) is -0.884. The van der Waals surface area contributed by atoms with Crippen molar-refractivity contribution >= 4 is 34.9 Å². The molecule has 4 aromatic rings. The maximum Gasteiger partial charge on any atom is 0.238 e. The Kier molecular flexibility index (Phi) is 5.97. The van der Waals surface area contributed by atoms with Gasteiger partial charge in [-0.1, -0.05) is 72.8 Å². The lowest BCUT2D eigenvalue weighted by Crippen LogP contribution is -2.51. The van der Waals surface area contributed by atoms with Crippen LogP contribution in [-0.4, -0.2) is 43.8 Å². The number of benzene rings is 4. The first-order valence-corrected chi connectivity index (χ1v) is 13.8. The molecule has 1 fully saturated rings. The fourth-order valence-corrected chi connectivity index (χ4v) is 7.02. The van der Waals surface area contributed by atoms with E-state index >= 15 is 0 Å². The molecule has 208 valence electrons. The van der Waals surface area contributed by atoms with E-state index in [1.165, 1.54) is 0 Å². The normalized spacial score (nSPS) is 23.1. The van der Waals surface area contributed by atoms with Crippen LogP contribution in [0.5, 0.6) is 11.5 Å². The van der Waals surface area contributed by atoms with Crippen LogP contribution in [0.3, 0.4) is 0 Å². The number of hydrogen-bond acceptors (Lipinski definition) is 6. The molecular formula is C35H28N2O5. The molecule has 4 atom stereocenters. The third kappa shape index (κ3) is 3.56. The summed E-state index contributed by atoms with van der Waals surface area (Å²) < 4.78 is 10.9. The lowest BCUT2D eigenvalue weighted by molar-refractivity contribution is -0.121. The minimum atomic E-state index is -1.38. The number of hydrogen-bond donors (Lipinski definition) is 1. The van der Waals surface area contributed by atoms with Crippen molar-refractivity contribution in [1.82, 2.24) is 0 Å². The monoisotopic (exact) mass is 556 g/mol. The van der Waals surface area contributed by atoms with E-state index < -0.39 is 23.4 Å². The van der Waals surface area contributed by atoms with Crippen LogP contribution in [0.4, 0.5) is 11.4 Å². The number of nitrogens with one attached hydrogen (secondary N) is 1. The molecule has 42 heavy (non-hydrogen) atoms. The second-order valence-corrected chi connectivity index (χ2v) is 10.8. The smallest absolute Gasteiger partial charge is 0.238 e. The number of fused-ring (bicyclic) bond motifs is 6. The first-order valence-electron chi connectivity index (χ1n) is 13.8. The average molecular weight is 557 g/mol. The molecule has 3 heterocycles. The number of carbonyl (C=O) groups is 3. The Bertz CT molecular complexity index is 1800. The molecule has 1 saturated heterocycles. The standard InChI is InChI=1S/C35H28N2O5/c1-41-24-12-7-10-22(19-24)32(38)30-31(33(39)23-11-8-13-25(20-23)42-2)37-28-16-6-3-9-21(28)17-18-29(37)35(30)26-14-4-5-15-27(26)36-34(35)40/h3-20,29-31H,1-2H3,(H,36,40)/t29-,30+,31+,35-/m1/s1. The molecule has 0 bridgehead atoms. The Labute approximate surface area is 243 Å². The van der Waals surface area contributed by atoms with Crippen molar-refractivity contribution in [3.63, 3.8) is 0 Å². The quantitative estimate of drug-likeness (QED) is 0.313. The Morgan fingerprint density at radius 2 is 1.43 bits per heavy atom. The maximum atomic E-state index is 14.9. The van der Waals surface area contributed by atoms with Crippen molar-refractivity contribution in [3.8, 4) is 11.5 Å². The number of ether oxygens (including phenoxy) is 2. The molecule has 1 spiro atoms. The second kappa shape index (κ2) is 9.73. The van der Waals surface area contributed by atoms with E-state index in [0.717, 1.165) is 11.3 Å². The van der Waals surface area contributed by atoms with Crippen LogP contribution in [0.15, 0.2) is 103 Å². The zero-order valence-electron chi connectivity index (χ0n) is 23.1. The SMILES string of the molecule is COc1cccc(C(=O)[C@@H]2[C@@H](C(=O)c3cccc(OC)c3)[C@]3(C(=O)Nc4ccccc43)[C@H]3C=Cc4ccccc4N23)c1. The van der Waals surface area contributed by atoms with E-state index in [2.05, 4.69) is 5.32 Å². The minimum Gasteiger partial charge on any atom is -0.497 e. The van der Waals surface area contributed by atoms with Gasteiger partial charge in [0, 0.05) is 22.5 Å².